The minimum atomic E-state index is -1.83. The van der Waals surface area contributed by atoms with E-state index in [1.165, 1.54) is 72.3 Å². The van der Waals surface area contributed by atoms with Crippen molar-refractivity contribution in [1.82, 2.24) is 5.32 Å². The van der Waals surface area contributed by atoms with Crippen molar-refractivity contribution in [2.24, 2.45) is 5.73 Å². The standard InChI is InChI=1S/C24H27FN2O6S.C14H15FO5.C10H12N2OS.ClH/c1-27-17-9-5-6-10-19(17)34-13-16(24(27)32)26-23(31)22(33-2)21(30)20(29)18(28)12-11-14-7-3-4-8-15(14)25;1-19-13-11(17)12(20-14(13)18)10(16)7-6-8-4-2-3-5-9(8)15;1-12-8-4-2-3-5-9(8)14-6-7(11)10(12)13;/h3-12,16,18,20-22,28-30H,13H2,1-2H3,(H,26,31);2-7,10-13,16-17H,1H3;2-5,7H,6,11H2,1H3;1H/b12-11+;7-6+;;/t16-,18+,20-,21+,22+;10-,11-,12+,13-;7-;/m010./s1. The van der Waals surface area contributed by atoms with Gasteiger partial charge in [-0.1, -0.05) is 85.0 Å². The first kappa shape index (κ1) is 56.4. The molecule has 0 aromatic heterocycles. The van der Waals surface area contributed by atoms with Crippen molar-refractivity contribution in [3.05, 3.63) is 132 Å². The molecule has 0 radical (unpaired) electrons. The number of anilines is 2. The van der Waals surface area contributed by atoms with Gasteiger partial charge in [-0.25, -0.2) is 13.6 Å². The molecule has 4 aromatic rings. The van der Waals surface area contributed by atoms with Gasteiger partial charge in [0.1, 0.15) is 48.2 Å². The van der Waals surface area contributed by atoms with Gasteiger partial charge >= 0.3 is 5.97 Å². The predicted octanol–water partition coefficient (Wildman–Crippen LogP) is 3.20. The lowest BCUT2D eigenvalue weighted by Crippen LogP contribution is -2.56. The molecular formula is C48H55ClF2N4O12S2. The number of nitrogens with zero attached hydrogens (tertiary/aromatic N) is 2. The van der Waals surface area contributed by atoms with Gasteiger partial charge in [-0.3, -0.25) is 14.4 Å². The zero-order valence-electron chi connectivity index (χ0n) is 37.8. The number of aliphatic hydroxyl groups excluding tert-OH is 5. The Hall–Kier alpha value is -5.23. The second kappa shape index (κ2) is 26.7. The number of nitrogens with one attached hydrogen (secondary N) is 1. The molecule has 0 unspecified atom stereocenters. The molecule has 0 spiro atoms. The fourth-order valence-electron chi connectivity index (χ4n) is 7.01. The van der Waals surface area contributed by atoms with E-state index >= 15 is 0 Å². The molecule has 10 atom stereocenters. The van der Waals surface area contributed by atoms with Crippen molar-refractivity contribution < 1.29 is 67.7 Å². The SMILES string of the molecule is CN1C(=O)[C@@H](N)CSc2ccccc21.CO[C@@H](C(=O)N[C@H]1CSc2ccccc2N(C)C1=O)[C@H](O)[C@@H](O)[C@H](O)/C=C/c1ccccc1F.CO[C@H]1C(=O)O[C@@H]([C@H](O)/C=C/c2ccccc2F)[C@H]1O.Cl. The van der Waals surface area contributed by atoms with Crippen LogP contribution in [-0.2, 0) is 33.4 Å². The van der Waals surface area contributed by atoms with Gasteiger partial charge in [-0.2, -0.15) is 0 Å². The van der Waals surface area contributed by atoms with Crippen LogP contribution in [0.1, 0.15) is 11.1 Å². The Morgan fingerprint density at radius 1 is 0.768 bits per heavy atom. The lowest BCUT2D eigenvalue weighted by atomic mass is 10.0. The molecule has 4 aromatic carbocycles. The molecule has 16 nitrogen and oxygen atoms in total. The number of rotatable bonds is 12. The second-order valence-corrected chi connectivity index (χ2v) is 17.6. The number of halogens is 3. The van der Waals surface area contributed by atoms with E-state index < -0.39 is 84.4 Å². The Morgan fingerprint density at radius 3 is 1.78 bits per heavy atom. The predicted molar refractivity (Wildman–Crippen MR) is 261 cm³/mol. The highest BCUT2D eigenvalue weighted by atomic mass is 35.5. The highest BCUT2D eigenvalue weighted by Crippen LogP contribution is 2.34. The number of aliphatic hydroxyl groups is 5. The summed E-state index contributed by atoms with van der Waals surface area (Å²) in [6.45, 7) is 0. The number of para-hydroxylation sites is 2. The maximum absolute atomic E-state index is 13.7. The number of likely N-dealkylation sites (N-methyl/N-ethyl adjacent to an activating group) is 2. The lowest BCUT2D eigenvalue weighted by Gasteiger charge is -2.28. The summed E-state index contributed by atoms with van der Waals surface area (Å²) in [6, 6.07) is 25.8. The smallest absolute Gasteiger partial charge is 0.338 e. The highest BCUT2D eigenvalue weighted by molar-refractivity contribution is 7.99. The fourth-order valence-corrected chi connectivity index (χ4v) is 9.14. The normalized spacial score (nSPS) is 22.2. The van der Waals surface area contributed by atoms with Crippen LogP contribution < -0.4 is 20.9 Å². The Morgan fingerprint density at radius 2 is 1.26 bits per heavy atom. The van der Waals surface area contributed by atoms with Gasteiger partial charge < -0.3 is 60.6 Å². The van der Waals surface area contributed by atoms with Crippen molar-refractivity contribution in [1.29, 1.82) is 0 Å². The monoisotopic (exact) mass is 1020 g/mol. The van der Waals surface area contributed by atoms with E-state index in [-0.39, 0.29) is 41.1 Å². The van der Waals surface area contributed by atoms with Crippen molar-refractivity contribution in [2.75, 3.05) is 49.6 Å². The van der Waals surface area contributed by atoms with Crippen LogP contribution in [0.5, 0.6) is 0 Å². The molecule has 0 aliphatic carbocycles. The van der Waals surface area contributed by atoms with Crippen LogP contribution in [0.3, 0.4) is 0 Å². The fraction of sp³-hybridized carbons (Fsp3) is 0.333. The van der Waals surface area contributed by atoms with Crippen LogP contribution in [0.25, 0.3) is 12.2 Å². The molecule has 3 aliphatic heterocycles. The van der Waals surface area contributed by atoms with Crippen LogP contribution in [0.15, 0.2) is 119 Å². The molecular weight excluding hydrogens is 962 g/mol. The number of nitrogens with two attached hydrogens (primary N) is 1. The maximum Gasteiger partial charge on any atom is 0.338 e. The van der Waals surface area contributed by atoms with Crippen LogP contribution in [-0.4, -0.2) is 150 Å². The quantitative estimate of drug-likeness (QED) is 0.101. The first-order valence-electron chi connectivity index (χ1n) is 21.1. The summed E-state index contributed by atoms with van der Waals surface area (Å²) in [5.41, 5.74) is 7.88. The summed E-state index contributed by atoms with van der Waals surface area (Å²) in [5.74, 6) is -1.95. The third kappa shape index (κ3) is 14.4. The lowest BCUT2D eigenvalue weighted by molar-refractivity contribution is -0.151. The number of hydrogen-bond donors (Lipinski definition) is 7. The molecule has 372 valence electrons. The van der Waals surface area contributed by atoms with E-state index in [2.05, 4.69) is 5.32 Å². The topological polar surface area (TPSA) is 242 Å². The average Bonchev–Trinajstić information content (AvgIpc) is 3.52. The summed E-state index contributed by atoms with van der Waals surface area (Å²) in [7, 11) is 5.80. The van der Waals surface area contributed by atoms with Gasteiger partial charge in [0, 0.05) is 60.7 Å². The van der Waals surface area contributed by atoms with E-state index in [9.17, 15) is 53.5 Å². The van der Waals surface area contributed by atoms with E-state index in [1.54, 1.807) is 55.0 Å². The van der Waals surface area contributed by atoms with Gasteiger partial charge in [-0.15, -0.1) is 35.9 Å². The Kier molecular flexibility index (Phi) is 21.8. The van der Waals surface area contributed by atoms with E-state index in [4.69, 9.17) is 19.9 Å². The van der Waals surface area contributed by atoms with Crippen molar-refractivity contribution >= 4 is 83.1 Å². The Balaban J connectivity index is 0.000000249. The number of fused-ring (bicyclic) bond motifs is 2. The minimum absolute atomic E-state index is 0. The molecule has 1 saturated heterocycles. The number of benzene rings is 4. The number of thioether (sulfide) groups is 2. The first-order valence-corrected chi connectivity index (χ1v) is 23.0. The zero-order valence-corrected chi connectivity index (χ0v) is 40.2. The van der Waals surface area contributed by atoms with Crippen LogP contribution in [0.2, 0.25) is 0 Å². The number of carbonyl (C=O) groups excluding carboxylic acids is 4. The molecule has 1 fully saturated rings. The number of amides is 3. The third-order valence-corrected chi connectivity index (χ3v) is 13.2. The summed E-state index contributed by atoms with van der Waals surface area (Å²) in [6.07, 6.45) is -6.61. The van der Waals surface area contributed by atoms with Crippen molar-refractivity contribution in [2.45, 2.75) is 70.7 Å². The highest BCUT2D eigenvalue weighted by Gasteiger charge is 2.47. The Bertz CT molecular complexity index is 2440. The number of esters is 1. The summed E-state index contributed by atoms with van der Waals surface area (Å²) < 4.78 is 41.8. The zero-order chi connectivity index (χ0) is 49.7. The van der Waals surface area contributed by atoms with Gasteiger partial charge in [0.15, 0.2) is 18.3 Å². The summed E-state index contributed by atoms with van der Waals surface area (Å²) in [5, 5.41) is 53.4. The van der Waals surface area contributed by atoms with E-state index in [0.717, 1.165) is 34.4 Å². The molecule has 3 heterocycles. The first-order chi connectivity index (χ1) is 32.5. The number of ether oxygens (including phenoxy) is 3. The van der Waals surface area contributed by atoms with Gasteiger partial charge in [0.2, 0.25) is 11.8 Å². The van der Waals surface area contributed by atoms with Gasteiger partial charge in [-0.05, 0) is 36.4 Å². The van der Waals surface area contributed by atoms with Gasteiger partial charge in [0.25, 0.3) is 5.91 Å². The average molecular weight is 1020 g/mol. The van der Waals surface area contributed by atoms with Crippen LogP contribution in [0.4, 0.5) is 20.2 Å². The van der Waals surface area contributed by atoms with Gasteiger partial charge in [0.05, 0.1) is 17.4 Å². The number of cyclic esters (lactones) is 1. The molecule has 0 bridgehead atoms. The molecule has 7 rings (SSSR count). The van der Waals surface area contributed by atoms with E-state index in [1.807, 2.05) is 42.5 Å². The molecule has 69 heavy (non-hydrogen) atoms. The molecule has 21 heteroatoms. The van der Waals surface area contributed by atoms with Crippen molar-refractivity contribution in [3.63, 3.8) is 0 Å². The van der Waals surface area contributed by atoms with E-state index in [0.29, 0.717) is 5.75 Å². The van der Waals surface area contributed by atoms with Crippen LogP contribution >= 0.6 is 35.9 Å². The maximum atomic E-state index is 13.7. The number of carbonyl (C=O) groups is 4. The second-order valence-electron chi connectivity index (χ2n) is 15.4. The molecule has 3 amide bonds. The summed E-state index contributed by atoms with van der Waals surface area (Å²) >= 11 is 3.04. The molecule has 8 N–H and O–H groups in total. The third-order valence-electron chi connectivity index (χ3n) is 10.9. The summed E-state index contributed by atoms with van der Waals surface area (Å²) in [4.78, 5) is 53.9. The molecule has 0 saturated carbocycles. The number of methoxy groups -OCH3 is 2. The van der Waals surface area contributed by atoms with Crippen molar-refractivity contribution in [3.8, 4) is 0 Å². The minimum Gasteiger partial charge on any atom is -0.454 e. The molecule has 3 aliphatic rings. The largest absolute Gasteiger partial charge is 0.454 e. The van der Waals surface area contributed by atoms with Crippen LogP contribution in [0, 0.1) is 11.6 Å². The number of hydrogen-bond acceptors (Lipinski definition) is 15. The Labute approximate surface area is 412 Å².